The Morgan fingerprint density at radius 1 is 1.33 bits per heavy atom. The van der Waals surface area contributed by atoms with Crippen LogP contribution >= 0.6 is 0 Å². The Hall–Kier alpha value is -1.70. The largest absolute Gasteiger partial charge is 0.477 e. The fraction of sp³-hybridized carbons (Fsp3) is 0.846. The number of hydrogen-bond donors (Lipinski definition) is 1. The summed E-state index contributed by atoms with van der Waals surface area (Å²) < 4.78 is 10.4. The average molecular weight is 298 g/mol. The van der Waals surface area contributed by atoms with E-state index in [2.05, 4.69) is 15.3 Å². The van der Waals surface area contributed by atoms with Crippen LogP contribution in [-0.4, -0.2) is 62.7 Å². The van der Waals surface area contributed by atoms with Gasteiger partial charge in [-0.3, -0.25) is 10.1 Å². The summed E-state index contributed by atoms with van der Waals surface area (Å²) in [5.41, 5.74) is 0. The lowest BCUT2D eigenvalue weighted by atomic mass is 9.71. The smallest absolute Gasteiger partial charge is 0.273 e. The fourth-order valence-electron chi connectivity index (χ4n) is 3.29. The Kier molecular flexibility index (Phi) is 4.76. The lowest BCUT2D eigenvalue weighted by Crippen LogP contribution is -2.54. The lowest BCUT2D eigenvalue weighted by Gasteiger charge is -2.41. The summed E-state index contributed by atoms with van der Waals surface area (Å²) in [6.45, 7) is 2.58. The fourth-order valence-corrected chi connectivity index (χ4v) is 3.29. The van der Waals surface area contributed by atoms with Crippen molar-refractivity contribution in [2.45, 2.75) is 31.5 Å². The highest BCUT2D eigenvalue weighted by Gasteiger charge is 2.49. The molecular weight excluding hydrogens is 276 g/mol. The van der Waals surface area contributed by atoms with Crippen LogP contribution < -0.4 is 5.32 Å². The molecule has 0 amide bonds. The maximum absolute atomic E-state index is 11.3. The quantitative estimate of drug-likeness (QED) is 0.598. The van der Waals surface area contributed by atoms with Crippen molar-refractivity contribution in [2.75, 3.05) is 27.8 Å². The normalized spacial score (nSPS) is 35.3. The molecule has 1 N–H and O–H groups in total. The summed E-state index contributed by atoms with van der Waals surface area (Å²) in [5, 5.41) is 14.4. The summed E-state index contributed by atoms with van der Waals surface area (Å²) in [7, 11) is 4.85. The van der Waals surface area contributed by atoms with Crippen LogP contribution in [0.2, 0.25) is 0 Å². The Labute approximate surface area is 123 Å². The van der Waals surface area contributed by atoms with Crippen LogP contribution in [0.3, 0.4) is 0 Å². The van der Waals surface area contributed by atoms with Crippen molar-refractivity contribution in [3.8, 4) is 0 Å². The summed E-state index contributed by atoms with van der Waals surface area (Å²) in [6, 6.07) is -0.952. The first-order valence-electron chi connectivity index (χ1n) is 7.05. The SMILES string of the molecule is CNCC1C(C)C([N+](=O)[O-])CC2N=C(OC)C(OC)=NC21. The van der Waals surface area contributed by atoms with Gasteiger partial charge in [0, 0.05) is 29.7 Å². The van der Waals surface area contributed by atoms with Crippen LogP contribution in [0.25, 0.3) is 0 Å². The van der Waals surface area contributed by atoms with Gasteiger partial charge in [-0.15, -0.1) is 0 Å². The topological polar surface area (TPSA) is 98.4 Å². The molecule has 0 bridgehead atoms. The van der Waals surface area contributed by atoms with Crippen molar-refractivity contribution in [3.63, 3.8) is 0 Å². The number of rotatable bonds is 3. The second-order valence-electron chi connectivity index (χ2n) is 5.50. The predicted molar refractivity (Wildman–Crippen MR) is 78.4 cm³/mol. The van der Waals surface area contributed by atoms with Crippen molar-refractivity contribution >= 4 is 11.8 Å². The van der Waals surface area contributed by atoms with Crippen molar-refractivity contribution in [3.05, 3.63) is 10.1 Å². The molecule has 118 valence electrons. The highest BCUT2D eigenvalue weighted by atomic mass is 16.6. The molecule has 8 heteroatoms. The highest BCUT2D eigenvalue weighted by molar-refractivity contribution is 6.35. The summed E-state index contributed by atoms with van der Waals surface area (Å²) in [5.74, 6) is 0.650. The molecule has 5 atom stereocenters. The van der Waals surface area contributed by atoms with E-state index in [0.717, 1.165) is 0 Å². The highest BCUT2D eigenvalue weighted by Crippen LogP contribution is 2.37. The van der Waals surface area contributed by atoms with Crippen molar-refractivity contribution in [2.24, 2.45) is 21.8 Å². The average Bonchev–Trinajstić information content (AvgIpc) is 2.48. The molecule has 1 saturated carbocycles. The molecule has 2 rings (SSSR count). The second kappa shape index (κ2) is 6.38. The molecule has 2 aliphatic rings. The van der Waals surface area contributed by atoms with Crippen LogP contribution in [0.15, 0.2) is 9.98 Å². The molecule has 0 radical (unpaired) electrons. The van der Waals surface area contributed by atoms with Crippen LogP contribution in [0.1, 0.15) is 13.3 Å². The van der Waals surface area contributed by atoms with E-state index in [-0.39, 0.29) is 28.8 Å². The van der Waals surface area contributed by atoms with Gasteiger partial charge in [-0.2, -0.15) is 0 Å². The predicted octanol–water partition coefficient (Wildman–Crippen LogP) is 0.348. The number of methoxy groups -OCH3 is 2. The molecule has 5 unspecified atom stereocenters. The molecule has 1 fully saturated rings. The minimum absolute atomic E-state index is 0.0384. The molecule has 0 saturated heterocycles. The number of ether oxygens (including phenoxy) is 2. The van der Waals surface area contributed by atoms with Gasteiger partial charge in [0.25, 0.3) is 11.8 Å². The van der Waals surface area contributed by atoms with Gasteiger partial charge in [0.15, 0.2) is 0 Å². The third kappa shape index (κ3) is 2.85. The zero-order valence-corrected chi connectivity index (χ0v) is 12.8. The molecule has 1 aliphatic carbocycles. The maximum atomic E-state index is 11.3. The first-order chi connectivity index (χ1) is 10.0. The first kappa shape index (κ1) is 15.7. The third-order valence-electron chi connectivity index (χ3n) is 4.43. The van der Waals surface area contributed by atoms with E-state index in [4.69, 9.17) is 9.47 Å². The molecule has 1 aliphatic heterocycles. The van der Waals surface area contributed by atoms with Gasteiger partial charge in [0.2, 0.25) is 6.04 Å². The first-order valence-corrected chi connectivity index (χ1v) is 7.05. The summed E-state index contributed by atoms with van der Waals surface area (Å²) >= 11 is 0. The minimum atomic E-state index is -0.606. The number of nitrogens with one attached hydrogen (secondary N) is 1. The molecule has 0 aromatic carbocycles. The zero-order valence-electron chi connectivity index (χ0n) is 12.8. The van der Waals surface area contributed by atoms with E-state index in [0.29, 0.717) is 24.8 Å². The van der Waals surface area contributed by atoms with Crippen LogP contribution in [0, 0.1) is 22.0 Å². The van der Waals surface area contributed by atoms with Gasteiger partial charge >= 0.3 is 0 Å². The van der Waals surface area contributed by atoms with Crippen LogP contribution in [-0.2, 0) is 9.47 Å². The van der Waals surface area contributed by atoms with Gasteiger partial charge in [-0.1, -0.05) is 6.92 Å². The van der Waals surface area contributed by atoms with E-state index >= 15 is 0 Å². The van der Waals surface area contributed by atoms with Crippen molar-refractivity contribution in [1.29, 1.82) is 0 Å². The molecule has 1 heterocycles. The van der Waals surface area contributed by atoms with Gasteiger partial charge in [-0.05, 0) is 7.05 Å². The van der Waals surface area contributed by atoms with Gasteiger partial charge in [0.1, 0.15) is 0 Å². The Morgan fingerprint density at radius 2 is 1.95 bits per heavy atom. The molecule has 21 heavy (non-hydrogen) atoms. The Bertz CT molecular complexity index is 465. The molecular formula is C13H22N4O4. The van der Waals surface area contributed by atoms with E-state index < -0.39 is 6.04 Å². The molecule has 0 spiro atoms. The number of aliphatic imine (C=N–C) groups is 2. The zero-order chi connectivity index (χ0) is 15.6. The van der Waals surface area contributed by atoms with Gasteiger partial charge in [0.05, 0.1) is 26.3 Å². The van der Waals surface area contributed by atoms with Crippen molar-refractivity contribution < 1.29 is 14.4 Å². The maximum Gasteiger partial charge on any atom is 0.273 e. The molecule has 8 nitrogen and oxygen atoms in total. The van der Waals surface area contributed by atoms with Crippen molar-refractivity contribution in [1.82, 2.24) is 5.32 Å². The lowest BCUT2D eigenvalue weighted by molar-refractivity contribution is -0.537. The third-order valence-corrected chi connectivity index (χ3v) is 4.43. The van der Waals surface area contributed by atoms with Gasteiger partial charge < -0.3 is 14.8 Å². The van der Waals surface area contributed by atoms with E-state index in [9.17, 15) is 10.1 Å². The molecule has 0 aromatic rings. The van der Waals surface area contributed by atoms with E-state index in [1.54, 1.807) is 0 Å². The number of nitro groups is 1. The minimum Gasteiger partial charge on any atom is -0.477 e. The number of nitrogens with zero attached hydrogens (tertiary/aromatic N) is 3. The summed E-state index contributed by atoms with van der Waals surface area (Å²) in [4.78, 5) is 20.2. The monoisotopic (exact) mass is 298 g/mol. The van der Waals surface area contributed by atoms with Crippen LogP contribution in [0.5, 0.6) is 0 Å². The number of hydrogen-bond acceptors (Lipinski definition) is 7. The number of fused-ring (bicyclic) bond motifs is 1. The van der Waals surface area contributed by atoms with E-state index in [1.165, 1.54) is 14.2 Å². The Balaban J connectivity index is 2.34. The summed E-state index contributed by atoms with van der Waals surface area (Å²) in [6.07, 6.45) is 0.381. The van der Waals surface area contributed by atoms with E-state index in [1.807, 2.05) is 14.0 Å². The second-order valence-corrected chi connectivity index (χ2v) is 5.50. The molecule has 0 aromatic heterocycles. The van der Waals surface area contributed by atoms with Crippen LogP contribution in [0.4, 0.5) is 0 Å². The Morgan fingerprint density at radius 3 is 2.48 bits per heavy atom. The standard InChI is InChI=1S/C13H22N4O4/c1-7-8(6-14-2)11-9(5-10(7)17(18)19)15-12(20-3)13(16-11)21-4/h7-11,14H,5-6H2,1-4H3. The van der Waals surface area contributed by atoms with Gasteiger partial charge in [-0.25, -0.2) is 9.98 Å².